The predicted octanol–water partition coefficient (Wildman–Crippen LogP) is 5.01. The molecule has 0 spiro atoms. The first-order chi connectivity index (χ1) is 20.8. The van der Waals surface area contributed by atoms with Crippen molar-refractivity contribution in [2.45, 2.75) is 81.8 Å². The van der Waals surface area contributed by atoms with Crippen LogP contribution in [0, 0.1) is 6.92 Å². The van der Waals surface area contributed by atoms with Crippen molar-refractivity contribution in [3.05, 3.63) is 101 Å². The van der Waals surface area contributed by atoms with Gasteiger partial charge in [-0.15, -0.1) is 0 Å². The fourth-order valence-electron chi connectivity index (χ4n) is 6.04. The number of rotatable bonds is 11. The Morgan fingerprint density at radius 1 is 0.930 bits per heavy atom. The van der Waals surface area contributed by atoms with Crippen LogP contribution in [0.1, 0.15) is 72.0 Å². The van der Waals surface area contributed by atoms with Gasteiger partial charge in [-0.05, 0) is 55.0 Å². The van der Waals surface area contributed by atoms with Crippen molar-refractivity contribution in [3.8, 4) is 0 Å². The molecular formula is C34H39N3O5S. The SMILES string of the molecule is Cc1ccccc1CN(C(=O)CCCN1C(=O)c2ccccc2S1(=O)=O)[C@H](Cc1ccccc1)C(=O)NC1CCCCC1. The highest BCUT2D eigenvalue weighted by Crippen LogP contribution is 2.30. The van der Waals surface area contributed by atoms with E-state index >= 15 is 0 Å². The van der Waals surface area contributed by atoms with Gasteiger partial charge in [0.15, 0.2) is 0 Å². The van der Waals surface area contributed by atoms with Crippen LogP contribution < -0.4 is 5.32 Å². The normalized spacial score (nSPS) is 16.9. The molecule has 5 rings (SSSR count). The van der Waals surface area contributed by atoms with Gasteiger partial charge in [0.25, 0.3) is 15.9 Å². The van der Waals surface area contributed by atoms with Crippen molar-refractivity contribution in [2.75, 3.05) is 6.54 Å². The number of hydrogen-bond donors (Lipinski definition) is 1. The lowest BCUT2D eigenvalue weighted by atomic mass is 9.94. The first kappa shape index (κ1) is 30.5. The lowest BCUT2D eigenvalue weighted by Gasteiger charge is -2.34. The third kappa shape index (κ3) is 6.99. The van der Waals surface area contributed by atoms with Crippen molar-refractivity contribution >= 4 is 27.7 Å². The topological polar surface area (TPSA) is 104 Å². The maximum absolute atomic E-state index is 14.0. The number of nitrogens with zero attached hydrogens (tertiary/aromatic N) is 2. The van der Waals surface area contributed by atoms with E-state index < -0.39 is 22.0 Å². The number of amides is 3. The molecule has 1 heterocycles. The Labute approximate surface area is 254 Å². The number of hydrogen-bond acceptors (Lipinski definition) is 5. The Kier molecular flexibility index (Phi) is 9.60. The molecule has 226 valence electrons. The first-order valence-electron chi connectivity index (χ1n) is 15.1. The van der Waals surface area contributed by atoms with E-state index in [1.165, 1.54) is 12.1 Å². The third-order valence-electron chi connectivity index (χ3n) is 8.49. The predicted molar refractivity (Wildman–Crippen MR) is 165 cm³/mol. The van der Waals surface area contributed by atoms with Gasteiger partial charge in [-0.25, -0.2) is 12.7 Å². The highest BCUT2D eigenvalue weighted by Gasteiger charge is 2.40. The summed E-state index contributed by atoms with van der Waals surface area (Å²) in [4.78, 5) is 42.5. The molecule has 8 nitrogen and oxygen atoms in total. The van der Waals surface area contributed by atoms with Crippen LogP contribution in [0.4, 0.5) is 0 Å². The van der Waals surface area contributed by atoms with Gasteiger partial charge in [-0.1, -0.05) is 86.0 Å². The molecule has 1 atom stereocenters. The van der Waals surface area contributed by atoms with E-state index in [0.29, 0.717) is 6.42 Å². The van der Waals surface area contributed by atoms with Crippen molar-refractivity contribution < 1.29 is 22.8 Å². The number of sulfonamides is 1. The average molecular weight is 602 g/mol. The molecule has 1 N–H and O–H groups in total. The molecule has 3 amide bonds. The summed E-state index contributed by atoms with van der Waals surface area (Å²) in [6, 6.07) is 23.0. The molecule has 2 aliphatic rings. The maximum Gasteiger partial charge on any atom is 0.269 e. The Morgan fingerprint density at radius 3 is 2.33 bits per heavy atom. The number of aryl methyl sites for hydroxylation is 1. The van der Waals surface area contributed by atoms with Crippen LogP contribution in [0.25, 0.3) is 0 Å². The molecule has 0 radical (unpaired) electrons. The molecule has 9 heteroatoms. The zero-order chi connectivity index (χ0) is 30.4. The lowest BCUT2D eigenvalue weighted by Crippen LogP contribution is -2.53. The third-order valence-corrected chi connectivity index (χ3v) is 10.3. The second-order valence-corrected chi connectivity index (χ2v) is 13.3. The van der Waals surface area contributed by atoms with Crippen LogP contribution in [0.3, 0.4) is 0 Å². The van der Waals surface area contributed by atoms with Gasteiger partial charge in [0, 0.05) is 32.0 Å². The summed E-state index contributed by atoms with van der Waals surface area (Å²) in [6.07, 6.45) is 5.65. The summed E-state index contributed by atoms with van der Waals surface area (Å²) in [5.41, 5.74) is 3.04. The molecule has 0 bridgehead atoms. The maximum atomic E-state index is 14.0. The van der Waals surface area contributed by atoms with Crippen LogP contribution in [-0.4, -0.2) is 54.0 Å². The number of carbonyl (C=O) groups is 3. The van der Waals surface area contributed by atoms with Gasteiger partial charge in [0.05, 0.1) is 5.56 Å². The summed E-state index contributed by atoms with van der Waals surface area (Å²) in [6.45, 7) is 2.11. The van der Waals surface area contributed by atoms with Crippen molar-refractivity contribution in [3.63, 3.8) is 0 Å². The van der Waals surface area contributed by atoms with Gasteiger partial charge < -0.3 is 10.2 Å². The van der Waals surface area contributed by atoms with E-state index in [9.17, 15) is 22.8 Å². The lowest BCUT2D eigenvalue weighted by molar-refractivity contribution is -0.141. The van der Waals surface area contributed by atoms with Crippen LogP contribution >= 0.6 is 0 Å². The highest BCUT2D eigenvalue weighted by molar-refractivity contribution is 7.90. The Hall–Kier alpha value is -3.98. The zero-order valence-electron chi connectivity index (χ0n) is 24.6. The molecule has 43 heavy (non-hydrogen) atoms. The van der Waals surface area contributed by atoms with Crippen molar-refractivity contribution in [1.29, 1.82) is 0 Å². The van der Waals surface area contributed by atoms with Crippen molar-refractivity contribution in [2.24, 2.45) is 0 Å². The molecule has 3 aromatic carbocycles. The molecule has 1 aliphatic carbocycles. The molecule has 0 aromatic heterocycles. The van der Waals surface area contributed by atoms with Gasteiger partial charge in [0.1, 0.15) is 10.9 Å². The number of fused-ring (bicyclic) bond motifs is 1. The second-order valence-electron chi connectivity index (χ2n) is 11.5. The fourth-order valence-corrected chi connectivity index (χ4v) is 7.65. The standard InChI is InChI=1S/C34H39N3O5S/c1-25-13-8-9-16-27(25)24-36(30(23-26-14-4-2-5-15-26)33(39)35-28-17-6-3-7-18-28)32(38)21-12-22-37-34(40)29-19-10-11-20-31(29)43(37,41)42/h2,4-5,8-11,13-16,19-20,28,30H,3,6-7,12,17-18,21-24H2,1H3,(H,35,39)/t30-/m1/s1. The monoisotopic (exact) mass is 601 g/mol. The number of nitrogens with one attached hydrogen (secondary N) is 1. The minimum atomic E-state index is -3.96. The second kappa shape index (κ2) is 13.5. The first-order valence-corrected chi connectivity index (χ1v) is 16.5. The summed E-state index contributed by atoms with van der Waals surface area (Å²) < 4.78 is 26.9. The van der Waals surface area contributed by atoms with E-state index in [1.807, 2.05) is 61.5 Å². The Bertz CT molecular complexity index is 1570. The Balaban J connectivity index is 1.38. The van der Waals surface area contributed by atoms with Crippen LogP contribution in [0.5, 0.6) is 0 Å². The fraction of sp³-hybridized carbons (Fsp3) is 0.382. The molecule has 0 unspecified atom stereocenters. The quantitative estimate of drug-likeness (QED) is 0.333. The van der Waals surface area contributed by atoms with E-state index in [0.717, 1.165) is 53.1 Å². The van der Waals surface area contributed by atoms with Crippen LogP contribution in [0.15, 0.2) is 83.8 Å². The molecular weight excluding hydrogens is 562 g/mol. The van der Waals surface area contributed by atoms with Gasteiger partial charge >= 0.3 is 0 Å². The molecule has 1 saturated carbocycles. The average Bonchev–Trinajstić information content (AvgIpc) is 3.21. The number of carbonyl (C=O) groups excluding carboxylic acids is 3. The summed E-state index contributed by atoms with van der Waals surface area (Å²) >= 11 is 0. The zero-order valence-corrected chi connectivity index (χ0v) is 25.4. The van der Waals surface area contributed by atoms with E-state index in [2.05, 4.69) is 5.32 Å². The summed E-state index contributed by atoms with van der Waals surface area (Å²) in [7, 11) is -3.96. The minimum Gasteiger partial charge on any atom is -0.352 e. The van der Waals surface area contributed by atoms with Crippen molar-refractivity contribution in [1.82, 2.24) is 14.5 Å². The van der Waals surface area contributed by atoms with Gasteiger partial charge in [0.2, 0.25) is 11.8 Å². The van der Waals surface area contributed by atoms with Crippen LogP contribution in [0.2, 0.25) is 0 Å². The summed E-state index contributed by atoms with van der Waals surface area (Å²) in [5, 5.41) is 3.24. The minimum absolute atomic E-state index is 0.00480. The molecule has 3 aromatic rings. The molecule has 0 saturated heterocycles. The van der Waals surface area contributed by atoms with Gasteiger partial charge in [-0.2, -0.15) is 0 Å². The molecule has 1 aliphatic heterocycles. The largest absolute Gasteiger partial charge is 0.352 e. The van der Waals surface area contributed by atoms with E-state index in [4.69, 9.17) is 0 Å². The highest BCUT2D eigenvalue weighted by atomic mass is 32.2. The molecule has 1 fully saturated rings. The smallest absolute Gasteiger partial charge is 0.269 e. The van der Waals surface area contributed by atoms with E-state index in [1.54, 1.807) is 17.0 Å². The Morgan fingerprint density at radius 2 is 1.60 bits per heavy atom. The summed E-state index contributed by atoms with van der Waals surface area (Å²) in [5.74, 6) is -1.01. The number of benzene rings is 3. The van der Waals surface area contributed by atoms with Gasteiger partial charge in [-0.3, -0.25) is 14.4 Å². The van der Waals surface area contributed by atoms with E-state index in [-0.39, 0.29) is 54.2 Å². The van der Waals surface area contributed by atoms with Crippen LogP contribution in [-0.2, 0) is 32.6 Å².